The van der Waals surface area contributed by atoms with Gasteiger partial charge >= 0.3 is 0 Å². The molecule has 0 amide bonds. The SMILES string of the molecule is Cc1cc2c(c(=O)n1CCCN1CCOCC1)[C@H](c1cccc(Cl)c1)C(C#N)=C(N)O2. The van der Waals surface area contributed by atoms with Gasteiger partial charge < -0.3 is 19.8 Å². The summed E-state index contributed by atoms with van der Waals surface area (Å²) in [7, 11) is 0. The summed E-state index contributed by atoms with van der Waals surface area (Å²) in [5, 5.41) is 10.3. The van der Waals surface area contributed by atoms with Crippen LogP contribution in [0.15, 0.2) is 46.6 Å². The Morgan fingerprint density at radius 1 is 1.26 bits per heavy atom. The molecule has 0 unspecified atom stereocenters. The second-order valence-corrected chi connectivity index (χ2v) is 8.24. The van der Waals surface area contributed by atoms with Crippen molar-refractivity contribution < 1.29 is 9.47 Å². The number of halogens is 1. The second-order valence-electron chi connectivity index (χ2n) is 7.81. The largest absolute Gasteiger partial charge is 0.440 e. The van der Waals surface area contributed by atoms with Crippen LogP contribution in [0.25, 0.3) is 0 Å². The van der Waals surface area contributed by atoms with Crippen molar-refractivity contribution in [2.45, 2.75) is 25.8 Å². The fraction of sp³-hybridized carbons (Fsp3) is 0.391. The maximum absolute atomic E-state index is 13.6. The average Bonchev–Trinajstić information content (AvgIpc) is 2.76. The number of aromatic nitrogens is 1. The highest BCUT2D eigenvalue weighted by atomic mass is 35.5. The third-order valence-electron chi connectivity index (χ3n) is 5.83. The van der Waals surface area contributed by atoms with Gasteiger partial charge in [-0.3, -0.25) is 9.69 Å². The monoisotopic (exact) mass is 440 g/mol. The standard InChI is InChI=1S/C23H25ClN4O3/c1-15-12-19-21(23(29)28(15)7-3-6-27-8-10-30-11-9-27)20(18(14-25)22(26)31-19)16-4-2-5-17(24)13-16/h2,4-5,12-13,20H,3,6-11,26H2,1H3/t20-/m1/s1. The fourth-order valence-corrected chi connectivity index (χ4v) is 4.46. The zero-order valence-electron chi connectivity index (χ0n) is 17.4. The molecular weight excluding hydrogens is 416 g/mol. The van der Waals surface area contributed by atoms with Crippen molar-refractivity contribution in [1.29, 1.82) is 5.26 Å². The van der Waals surface area contributed by atoms with E-state index in [4.69, 9.17) is 26.8 Å². The first kappa shape index (κ1) is 21.4. The molecule has 0 spiro atoms. The molecule has 1 atom stereocenters. The van der Waals surface area contributed by atoms with Gasteiger partial charge in [0.2, 0.25) is 5.88 Å². The zero-order valence-corrected chi connectivity index (χ0v) is 18.2. The molecule has 7 nitrogen and oxygen atoms in total. The summed E-state index contributed by atoms with van der Waals surface area (Å²) in [6.45, 7) is 6.70. The van der Waals surface area contributed by atoms with E-state index in [0.29, 0.717) is 22.9 Å². The normalized spacial score (nSPS) is 18.9. The zero-order chi connectivity index (χ0) is 22.0. The maximum Gasteiger partial charge on any atom is 0.258 e. The minimum Gasteiger partial charge on any atom is -0.440 e. The lowest BCUT2D eigenvalue weighted by Crippen LogP contribution is -2.38. The molecule has 0 radical (unpaired) electrons. The summed E-state index contributed by atoms with van der Waals surface area (Å²) >= 11 is 6.20. The number of nitrogens with zero attached hydrogens (tertiary/aromatic N) is 3. The molecule has 8 heteroatoms. The van der Waals surface area contributed by atoms with Crippen LogP contribution < -0.4 is 16.0 Å². The Morgan fingerprint density at radius 2 is 2.03 bits per heavy atom. The molecule has 1 aromatic heterocycles. The average molecular weight is 441 g/mol. The van der Waals surface area contributed by atoms with Crippen LogP contribution in [0.5, 0.6) is 5.75 Å². The van der Waals surface area contributed by atoms with Crippen molar-refractivity contribution in [2.24, 2.45) is 5.73 Å². The van der Waals surface area contributed by atoms with E-state index in [2.05, 4.69) is 11.0 Å². The number of aryl methyl sites for hydroxylation is 1. The van der Waals surface area contributed by atoms with Gasteiger partial charge in [0.25, 0.3) is 5.56 Å². The van der Waals surface area contributed by atoms with Gasteiger partial charge in [-0.05, 0) is 31.0 Å². The number of hydrogen-bond acceptors (Lipinski definition) is 6. The Balaban J connectivity index is 1.70. The van der Waals surface area contributed by atoms with Crippen LogP contribution in [0.2, 0.25) is 5.02 Å². The van der Waals surface area contributed by atoms with Gasteiger partial charge in [0.1, 0.15) is 17.4 Å². The Hall–Kier alpha value is -2.79. The van der Waals surface area contributed by atoms with Crippen LogP contribution in [0, 0.1) is 18.3 Å². The van der Waals surface area contributed by atoms with E-state index in [-0.39, 0.29) is 17.0 Å². The van der Waals surface area contributed by atoms with Crippen molar-refractivity contribution in [3.05, 3.63) is 74.0 Å². The van der Waals surface area contributed by atoms with Gasteiger partial charge in [-0.25, -0.2) is 0 Å². The Bertz CT molecular complexity index is 1110. The molecule has 2 aromatic rings. The molecule has 1 aromatic carbocycles. The first-order valence-corrected chi connectivity index (χ1v) is 10.7. The highest BCUT2D eigenvalue weighted by Crippen LogP contribution is 2.40. The third kappa shape index (κ3) is 4.33. The summed E-state index contributed by atoms with van der Waals surface area (Å²) in [5.41, 5.74) is 8.05. The minimum atomic E-state index is -0.619. The molecule has 1 saturated heterocycles. The van der Waals surface area contributed by atoms with E-state index in [1.807, 2.05) is 19.1 Å². The second kappa shape index (κ2) is 9.15. The predicted molar refractivity (Wildman–Crippen MR) is 118 cm³/mol. The van der Waals surface area contributed by atoms with Gasteiger partial charge in [-0.1, -0.05) is 23.7 Å². The molecule has 2 aliphatic rings. The van der Waals surface area contributed by atoms with Gasteiger partial charge in [0, 0.05) is 43.0 Å². The summed E-state index contributed by atoms with van der Waals surface area (Å²) < 4.78 is 12.9. The van der Waals surface area contributed by atoms with Crippen molar-refractivity contribution in [2.75, 3.05) is 32.8 Å². The lowest BCUT2D eigenvalue weighted by molar-refractivity contribution is 0.0369. The number of fused-ring (bicyclic) bond motifs is 1. The Morgan fingerprint density at radius 3 is 2.74 bits per heavy atom. The van der Waals surface area contributed by atoms with E-state index in [9.17, 15) is 10.1 Å². The molecule has 0 saturated carbocycles. The van der Waals surface area contributed by atoms with E-state index in [1.54, 1.807) is 22.8 Å². The molecule has 1 fully saturated rings. The quantitative estimate of drug-likeness (QED) is 0.768. The van der Waals surface area contributed by atoms with Crippen LogP contribution in [0.4, 0.5) is 0 Å². The van der Waals surface area contributed by atoms with Gasteiger partial charge in [0.15, 0.2) is 0 Å². The maximum atomic E-state index is 13.6. The molecule has 0 bridgehead atoms. The number of benzene rings is 1. The number of nitriles is 1. The molecule has 4 rings (SSSR count). The highest BCUT2D eigenvalue weighted by molar-refractivity contribution is 6.30. The summed E-state index contributed by atoms with van der Waals surface area (Å²) in [6, 6.07) is 11.1. The van der Waals surface area contributed by atoms with Crippen LogP contribution in [-0.4, -0.2) is 42.3 Å². The van der Waals surface area contributed by atoms with Gasteiger partial charge in [0.05, 0.1) is 24.7 Å². The van der Waals surface area contributed by atoms with E-state index < -0.39 is 5.92 Å². The van der Waals surface area contributed by atoms with Gasteiger partial charge in [-0.2, -0.15) is 5.26 Å². The third-order valence-corrected chi connectivity index (χ3v) is 6.07. The minimum absolute atomic E-state index is 0.0174. The van der Waals surface area contributed by atoms with Crippen molar-refractivity contribution >= 4 is 11.6 Å². The number of pyridine rings is 1. The van der Waals surface area contributed by atoms with Crippen LogP contribution >= 0.6 is 11.6 Å². The Kier molecular flexibility index (Phi) is 6.33. The van der Waals surface area contributed by atoms with E-state index in [0.717, 1.165) is 50.5 Å². The molecule has 31 heavy (non-hydrogen) atoms. The number of ether oxygens (including phenoxy) is 2. The van der Waals surface area contributed by atoms with Crippen LogP contribution in [0.1, 0.15) is 29.2 Å². The lowest BCUT2D eigenvalue weighted by atomic mass is 9.84. The molecular formula is C23H25ClN4O3. The predicted octanol–water partition coefficient (Wildman–Crippen LogP) is 2.75. The van der Waals surface area contributed by atoms with Crippen molar-refractivity contribution in [3.63, 3.8) is 0 Å². The number of hydrogen-bond donors (Lipinski definition) is 1. The van der Waals surface area contributed by atoms with Gasteiger partial charge in [-0.15, -0.1) is 0 Å². The van der Waals surface area contributed by atoms with E-state index in [1.165, 1.54) is 0 Å². The summed E-state index contributed by atoms with van der Waals surface area (Å²) in [4.78, 5) is 15.9. The summed E-state index contributed by atoms with van der Waals surface area (Å²) in [6.07, 6.45) is 0.839. The van der Waals surface area contributed by atoms with Crippen molar-refractivity contribution in [1.82, 2.24) is 9.47 Å². The first-order valence-electron chi connectivity index (χ1n) is 10.4. The topological polar surface area (TPSA) is 93.5 Å². The molecule has 3 heterocycles. The van der Waals surface area contributed by atoms with E-state index >= 15 is 0 Å². The number of rotatable bonds is 5. The smallest absolute Gasteiger partial charge is 0.258 e. The molecule has 2 N–H and O–H groups in total. The van der Waals surface area contributed by atoms with Crippen LogP contribution in [0.3, 0.4) is 0 Å². The lowest BCUT2D eigenvalue weighted by Gasteiger charge is -2.28. The van der Waals surface area contributed by atoms with Crippen molar-refractivity contribution in [3.8, 4) is 11.8 Å². The van der Waals surface area contributed by atoms with Crippen LogP contribution in [-0.2, 0) is 11.3 Å². The highest BCUT2D eigenvalue weighted by Gasteiger charge is 2.34. The summed E-state index contributed by atoms with van der Waals surface area (Å²) in [5.74, 6) is -0.205. The molecule has 2 aliphatic heterocycles. The first-order chi connectivity index (χ1) is 15.0. The Labute approximate surface area is 186 Å². The molecule has 162 valence electrons. The number of allylic oxidation sites excluding steroid dienone is 1. The molecule has 0 aliphatic carbocycles. The fourth-order valence-electron chi connectivity index (χ4n) is 4.26. The number of nitrogens with two attached hydrogens (primary N) is 1. The number of morpholine rings is 1.